The second kappa shape index (κ2) is 50.5. The van der Waals surface area contributed by atoms with Crippen LogP contribution in [-0.2, 0) is 89.6 Å². The van der Waals surface area contributed by atoms with Gasteiger partial charge in [-0.2, -0.15) is 0 Å². The molecule has 42 heteroatoms. The van der Waals surface area contributed by atoms with Crippen LogP contribution in [0.2, 0.25) is 0 Å². The zero-order valence-electron chi connectivity index (χ0n) is 53.6. The molecular weight excluding hydrogens is 1340 g/mol. The van der Waals surface area contributed by atoms with Crippen molar-refractivity contribution in [2.45, 2.75) is 126 Å². The van der Waals surface area contributed by atoms with E-state index in [2.05, 4.69) is 53.2 Å². The highest BCUT2D eigenvalue weighted by atomic mass is 33.1. The fourth-order valence-corrected chi connectivity index (χ4v) is 10.9. The minimum Gasteiger partial charge on any atom is -0.508 e. The molecular formula is C56H92N16O24S2. The first-order valence-electron chi connectivity index (χ1n) is 28.9. The average molecular weight is 1440 g/mol. The van der Waals surface area contributed by atoms with Gasteiger partial charge in [0, 0.05) is 51.2 Å². The van der Waals surface area contributed by atoms with Crippen molar-refractivity contribution < 1.29 is 119 Å². The van der Waals surface area contributed by atoms with Gasteiger partial charge in [-0.25, -0.2) is 0 Å². The molecule has 2 heterocycles. The average Bonchev–Trinajstić information content (AvgIpc) is 1.63. The highest BCUT2D eigenvalue weighted by molar-refractivity contribution is 8.76. The lowest BCUT2D eigenvalue weighted by atomic mass is 10.0. The quantitative estimate of drug-likeness (QED) is 0.0324. The number of carboxylic acids is 2. The summed E-state index contributed by atoms with van der Waals surface area (Å²) in [6.07, 6.45) is -1.13. The number of primary amides is 3. The van der Waals surface area contributed by atoms with Crippen molar-refractivity contribution in [3.8, 4) is 5.75 Å². The number of rotatable bonds is 25. The Hall–Kier alpha value is -9.82. The zero-order chi connectivity index (χ0) is 69.7. The van der Waals surface area contributed by atoms with E-state index in [0.29, 0.717) is 24.0 Å². The topological polar surface area (TPSA) is 745 Å². The molecule has 40 nitrogen and oxygen atoms in total. The van der Waals surface area contributed by atoms with Crippen molar-refractivity contribution in [2.24, 2.45) is 28.7 Å². The normalized spacial score (nSPS) is 18.9. The molecule has 98 heavy (non-hydrogen) atoms. The fraction of sp³-hybridized carbons (Fsp3) is 0.500. The number of carbonyl (C=O) groups excluding carboxylic acids is 14. The van der Waals surface area contributed by atoms with E-state index in [4.69, 9.17) is 48.5 Å². The lowest BCUT2D eigenvalue weighted by Crippen LogP contribution is -2.61. The van der Waals surface area contributed by atoms with Crippen LogP contribution >= 0.6 is 21.6 Å². The van der Waals surface area contributed by atoms with Crippen molar-refractivity contribution in [3.63, 3.8) is 0 Å². The number of nitrogens with zero attached hydrogens (tertiary/aromatic N) is 1. The number of phenolic OH excluding ortho intramolecular Hbond substituents is 1. The number of hydrogen-bond donors (Lipinski definition) is 18. The van der Waals surface area contributed by atoms with Gasteiger partial charge in [0.1, 0.15) is 54.1 Å². The number of carbonyl (C=O) groups is 16. The Morgan fingerprint density at radius 1 is 0.592 bits per heavy atom. The SMILES string of the molecule is CC(=O)O.CC(=O)O.NCCCC[C@H](NC(=O)[C@@H]1CCCN1C(=O)[C@@H]1CSSC[C@H](NC(=O)CNC(=O)CNC(=O)CN)C(=O)N[C@@H](Cc2ccc(O)cc2)C(=O)N[C@@H](Cc2ccccc2)C(=O)N[C@@H](CCC(N)=O)C(=O)N[C@@H](CC(N)=O)C(=O)N1)C(=O)NCC(N)=O.O.O.O.O.O. The summed E-state index contributed by atoms with van der Waals surface area (Å²) in [5, 5.41) is 49.6. The first-order chi connectivity index (χ1) is 43.9. The number of amides is 14. The highest BCUT2D eigenvalue weighted by Gasteiger charge is 2.41. The maximum absolute atomic E-state index is 14.8. The number of hydrogen-bond acceptors (Lipinski definition) is 21. The van der Waals surface area contributed by atoms with Crippen molar-refractivity contribution in [3.05, 3.63) is 65.7 Å². The Balaban J connectivity index is -0.00000321. The fourth-order valence-electron chi connectivity index (χ4n) is 8.62. The van der Waals surface area contributed by atoms with Gasteiger partial charge in [0.15, 0.2) is 0 Å². The molecule has 0 bridgehead atoms. The minimum absolute atomic E-state index is 0. The molecule has 0 aliphatic carbocycles. The van der Waals surface area contributed by atoms with Gasteiger partial charge in [0.2, 0.25) is 82.7 Å². The summed E-state index contributed by atoms with van der Waals surface area (Å²) in [5.74, 6) is -15.5. The Labute approximate surface area is 569 Å². The van der Waals surface area contributed by atoms with E-state index in [1.807, 2.05) is 0 Å². The largest absolute Gasteiger partial charge is 0.508 e. The minimum atomic E-state index is -1.87. The molecule has 2 aliphatic rings. The van der Waals surface area contributed by atoms with Crippen LogP contribution in [0, 0.1) is 0 Å². The van der Waals surface area contributed by atoms with Gasteiger partial charge in [0.25, 0.3) is 11.9 Å². The summed E-state index contributed by atoms with van der Waals surface area (Å²) >= 11 is 0. The predicted molar refractivity (Wildman–Crippen MR) is 352 cm³/mol. The summed E-state index contributed by atoms with van der Waals surface area (Å²) in [7, 11) is 1.73. The maximum atomic E-state index is 14.8. The molecule has 0 unspecified atom stereocenters. The van der Waals surface area contributed by atoms with Gasteiger partial charge in [-0.1, -0.05) is 64.1 Å². The van der Waals surface area contributed by atoms with Crippen LogP contribution in [0.1, 0.15) is 76.3 Å². The van der Waals surface area contributed by atoms with Crippen molar-refractivity contribution in [2.75, 3.05) is 50.8 Å². The zero-order valence-corrected chi connectivity index (χ0v) is 55.2. The van der Waals surface area contributed by atoms with Gasteiger partial charge >= 0.3 is 0 Å². The van der Waals surface area contributed by atoms with Crippen molar-refractivity contribution >= 4 is 116 Å². The number of phenols is 1. The molecule has 0 radical (unpaired) electrons. The number of benzene rings is 2. The van der Waals surface area contributed by atoms with Crippen molar-refractivity contribution in [1.29, 1.82) is 0 Å². The molecule has 4 rings (SSSR count). The molecule has 0 spiro atoms. The first kappa shape index (κ1) is 94.6. The van der Waals surface area contributed by atoms with E-state index in [0.717, 1.165) is 40.3 Å². The monoisotopic (exact) mass is 1440 g/mol. The van der Waals surface area contributed by atoms with E-state index >= 15 is 0 Å². The maximum Gasteiger partial charge on any atom is 0.300 e. The number of aliphatic carboxylic acids is 2. The van der Waals surface area contributed by atoms with Crippen LogP contribution in [0.25, 0.3) is 0 Å². The molecule has 33 N–H and O–H groups in total. The van der Waals surface area contributed by atoms with Gasteiger partial charge in [-0.05, 0) is 68.3 Å². The smallest absolute Gasteiger partial charge is 0.300 e. The summed E-state index contributed by atoms with van der Waals surface area (Å²) in [4.78, 5) is 208. The van der Waals surface area contributed by atoms with Crippen LogP contribution < -0.4 is 81.8 Å². The van der Waals surface area contributed by atoms with E-state index in [1.165, 1.54) is 24.3 Å². The Bertz CT molecular complexity index is 2940. The lowest BCUT2D eigenvalue weighted by Gasteiger charge is -2.31. The van der Waals surface area contributed by atoms with Gasteiger partial charge in [-0.15, -0.1) is 0 Å². The van der Waals surface area contributed by atoms with Crippen molar-refractivity contribution in [1.82, 2.24) is 58.1 Å². The van der Waals surface area contributed by atoms with Crippen LogP contribution in [0.5, 0.6) is 5.75 Å². The Morgan fingerprint density at radius 3 is 1.63 bits per heavy atom. The molecule has 14 amide bonds. The van der Waals surface area contributed by atoms with Gasteiger partial charge in [0.05, 0.1) is 32.6 Å². The van der Waals surface area contributed by atoms with E-state index in [9.17, 15) is 72.2 Å². The molecule has 2 saturated heterocycles. The summed E-state index contributed by atoms with van der Waals surface area (Å²) in [6.45, 7) is 0.156. The van der Waals surface area contributed by atoms with Gasteiger partial charge < -0.3 is 129 Å². The molecule has 2 fully saturated rings. The van der Waals surface area contributed by atoms with Crippen LogP contribution in [0.4, 0.5) is 0 Å². The molecule has 2 aromatic rings. The molecule has 2 aliphatic heterocycles. The first-order valence-corrected chi connectivity index (χ1v) is 31.4. The third-order valence-corrected chi connectivity index (χ3v) is 15.4. The molecule has 0 aromatic heterocycles. The predicted octanol–water partition coefficient (Wildman–Crippen LogP) is -10.9. The molecule has 8 atom stereocenters. The number of aromatic hydroxyl groups is 1. The third-order valence-electron chi connectivity index (χ3n) is 13.0. The summed E-state index contributed by atoms with van der Waals surface area (Å²) in [6, 6.07) is 1.48. The van der Waals surface area contributed by atoms with E-state index in [-0.39, 0.29) is 84.1 Å². The lowest BCUT2D eigenvalue weighted by molar-refractivity contribution is -0.142. The summed E-state index contributed by atoms with van der Waals surface area (Å²) < 4.78 is 0. The number of nitrogens with one attached hydrogen (secondary N) is 10. The van der Waals surface area contributed by atoms with Crippen LogP contribution in [-0.4, -0.2) is 241 Å². The Morgan fingerprint density at radius 2 is 1.09 bits per heavy atom. The second-order valence-electron chi connectivity index (χ2n) is 20.7. The standard InChI is InChI=1S/C52H74N16O15S2.2C2H4O2.5H2O/c53-17-5-4-9-31(45(76)60-23-41(57)72)63-51(82)38-10-6-18-68(38)52(83)37-27-85-84-26-36(61-44(75)25-59-43(74)24-58-42(73)22-54)50(81)65-34(20-29-11-13-30(69)14-12-29)48(79)64-33(19-28-7-2-1-3-8-28)47(78)62-32(15-16-39(55)70)46(77)66-35(21-40(56)71)49(80)67-37;2*1-2(3)4;;;;;/h1-3,7-8,11-14,31-38,69H,4-6,9-10,15-27,53-54H2,(H2,55,70)(H2,56,71)(H2,57,72)(H,58,73)(H,59,74)(H,60,76)(H,61,75)(H,62,78)(H,63,82)(H,64,79)(H,65,81)(H,66,77)(H,67,80);2*1H3,(H,3,4);5*1H2/t31-,32-,33-,34-,35-,36-,37-,38-;;;;;;;/m0......./s1. The Kier molecular flexibility index (Phi) is 48.8. The molecule has 0 saturated carbocycles. The number of unbranched alkanes of at least 4 members (excludes halogenated alkanes) is 1. The number of likely N-dealkylation sites (tertiary alicyclic amines) is 1. The van der Waals surface area contributed by atoms with Gasteiger partial charge in [-0.3, -0.25) is 76.7 Å². The highest BCUT2D eigenvalue weighted by Crippen LogP contribution is 2.26. The number of nitrogens with two attached hydrogens (primary N) is 5. The molecule has 2 aromatic carbocycles. The van der Waals surface area contributed by atoms with E-state index < -0.39 is 194 Å². The summed E-state index contributed by atoms with van der Waals surface area (Å²) in [5.41, 5.74) is 28.1. The third kappa shape index (κ3) is 38.1. The van der Waals surface area contributed by atoms with E-state index in [1.54, 1.807) is 30.3 Å². The molecule has 552 valence electrons. The second-order valence-corrected chi connectivity index (χ2v) is 23.3. The van der Waals surface area contributed by atoms with Crippen LogP contribution in [0.15, 0.2) is 54.6 Å². The van der Waals surface area contributed by atoms with Crippen LogP contribution in [0.3, 0.4) is 0 Å². The number of carboxylic acid groups (broad SMARTS) is 2.